The maximum atomic E-state index is 10.3. The molecule has 1 aliphatic rings. The zero-order valence-electron chi connectivity index (χ0n) is 10.1. The Labute approximate surface area is 97.1 Å². The summed E-state index contributed by atoms with van der Waals surface area (Å²) in [6.07, 6.45) is 5.93. The average Bonchev–Trinajstić information content (AvgIpc) is 2.65. The fraction of sp³-hybridized carbons (Fsp3) is 0.615. The molecule has 0 radical (unpaired) electrons. The van der Waals surface area contributed by atoms with Gasteiger partial charge in [-0.25, -0.2) is 4.98 Å². The third kappa shape index (κ3) is 2.35. The smallest absolute Gasteiger partial charge is 0.131 e. The Balaban J connectivity index is 2.08. The van der Waals surface area contributed by atoms with Crippen molar-refractivity contribution in [1.29, 1.82) is 0 Å². The third-order valence-electron chi connectivity index (χ3n) is 3.41. The van der Waals surface area contributed by atoms with Gasteiger partial charge in [0.2, 0.25) is 0 Å². The Kier molecular flexibility index (Phi) is 3.15. The SMILES string of the molecule is Cc1cccnc1N(C)CC1(O)CCCC1. The van der Waals surface area contributed by atoms with Gasteiger partial charge in [0.1, 0.15) is 5.82 Å². The van der Waals surface area contributed by atoms with Crippen LogP contribution in [0.3, 0.4) is 0 Å². The van der Waals surface area contributed by atoms with Gasteiger partial charge in [-0.3, -0.25) is 0 Å². The fourth-order valence-electron chi connectivity index (χ4n) is 2.58. The minimum absolute atomic E-state index is 0.501. The molecule has 1 saturated carbocycles. The van der Waals surface area contributed by atoms with Crippen LogP contribution in [0.15, 0.2) is 18.3 Å². The number of rotatable bonds is 3. The molecule has 1 aliphatic carbocycles. The van der Waals surface area contributed by atoms with Crippen molar-refractivity contribution < 1.29 is 5.11 Å². The van der Waals surface area contributed by atoms with Gasteiger partial charge in [0.25, 0.3) is 0 Å². The summed E-state index contributed by atoms with van der Waals surface area (Å²) < 4.78 is 0. The molecule has 88 valence electrons. The summed E-state index contributed by atoms with van der Waals surface area (Å²) in [7, 11) is 2.01. The standard InChI is InChI=1S/C13H20N2O/c1-11-6-5-9-14-12(11)15(2)10-13(16)7-3-4-8-13/h5-6,9,16H,3-4,7-8,10H2,1-2H3. The first-order chi connectivity index (χ1) is 7.61. The Bertz CT molecular complexity index is 359. The number of hydrogen-bond acceptors (Lipinski definition) is 3. The van der Waals surface area contributed by atoms with E-state index in [1.807, 2.05) is 13.1 Å². The van der Waals surface area contributed by atoms with Gasteiger partial charge < -0.3 is 10.0 Å². The molecule has 0 bridgehead atoms. The van der Waals surface area contributed by atoms with Crippen molar-refractivity contribution in [2.75, 3.05) is 18.5 Å². The number of aliphatic hydroxyl groups is 1. The van der Waals surface area contributed by atoms with Crippen molar-refractivity contribution in [3.8, 4) is 0 Å². The molecular weight excluding hydrogens is 200 g/mol. The minimum atomic E-state index is -0.501. The van der Waals surface area contributed by atoms with E-state index in [4.69, 9.17) is 0 Å². The number of nitrogens with zero attached hydrogens (tertiary/aromatic N) is 2. The van der Waals surface area contributed by atoms with Gasteiger partial charge >= 0.3 is 0 Å². The van der Waals surface area contributed by atoms with Gasteiger partial charge in [-0.05, 0) is 31.4 Å². The Morgan fingerprint density at radius 3 is 2.75 bits per heavy atom. The summed E-state index contributed by atoms with van der Waals surface area (Å²) in [4.78, 5) is 6.44. The molecule has 1 fully saturated rings. The molecule has 0 aromatic carbocycles. The van der Waals surface area contributed by atoms with E-state index in [1.54, 1.807) is 6.20 Å². The van der Waals surface area contributed by atoms with Crippen molar-refractivity contribution in [2.45, 2.75) is 38.2 Å². The van der Waals surface area contributed by atoms with E-state index in [2.05, 4.69) is 22.9 Å². The quantitative estimate of drug-likeness (QED) is 0.847. The van der Waals surface area contributed by atoms with Crippen molar-refractivity contribution >= 4 is 5.82 Å². The van der Waals surface area contributed by atoms with E-state index < -0.39 is 5.60 Å². The van der Waals surface area contributed by atoms with Crippen LogP contribution in [0.5, 0.6) is 0 Å². The second kappa shape index (κ2) is 4.42. The van der Waals surface area contributed by atoms with Crippen LogP contribution in [-0.2, 0) is 0 Å². The second-order valence-electron chi connectivity index (χ2n) is 4.93. The molecule has 1 heterocycles. The zero-order chi connectivity index (χ0) is 11.6. The van der Waals surface area contributed by atoms with Crippen LogP contribution in [-0.4, -0.2) is 29.3 Å². The van der Waals surface area contributed by atoms with Crippen LogP contribution in [0.25, 0.3) is 0 Å². The maximum Gasteiger partial charge on any atom is 0.131 e. The first-order valence-electron chi connectivity index (χ1n) is 5.96. The highest BCUT2D eigenvalue weighted by atomic mass is 16.3. The van der Waals surface area contributed by atoms with Crippen LogP contribution >= 0.6 is 0 Å². The molecule has 0 amide bonds. The summed E-state index contributed by atoms with van der Waals surface area (Å²) >= 11 is 0. The van der Waals surface area contributed by atoms with Gasteiger partial charge in [0, 0.05) is 19.8 Å². The molecular formula is C13H20N2O. The number of likely N-dealkylation sites (N-methyl/N-ethyl adjacent to an activating group) is 1. The van der Waals surface area contributed by atoms with Crippen LogP contribution in [0.2, 0.25) is 0 Å². The van der Waals surface area contributed by atoms with Crippen molar-refractivity contribution in [1.82, 2.24) is 4.98 Å². The molecule has 1 aromatic rings. The molecule has 1 N–H and O–H groups in total. The molecule has 3 nitrogen and oxygen atoms in total. The summed E-state index contributed by atoms with van der Waals surface area (Å²) in [6, 6.07) is 3.99. The molecule has 0 atom stereocenters. The second-order valence-corrected chi connectivity index (χ2v) is 4.93. The molecule has 0 unspecified atom stereocenters. The number of aromatic nitrogens is 1. The van der Waals surface area contributed by atoms with E-state index in [-0.39, 0.29) is 0 Å². The van der Waals surface area contributed by atoms with Gasteiger partial charge in [0.15, 0.2) is 0 Å². The summed E-state index contributed by atoms with van der Waals surface area (Å²) in [5.41, 5.74) is 0.658. The fourth-order valence-corrected chi connectivity index (χ4v) is 2.58. The van der Waals surface area contributed by atoms with Crippen molar-refractivity contribution in [2.24, 2.45) is 0 Å². The predicted molar refractivity (Wildman–Crippen MR) is 65.7 cm³/mol. The average molecular weight is 220 g/mol. The first-order valence-corrected chi connectivity index (χ1v) is 5.96. The van der Waals surface area contributed by atoms with Gasteiger partial charge in [-0.2, -0.15) is 0 Å². The van der Waals surface area contributed by atoms with E-state index >= 15 is 0 Å². The maximum absolute atomic E-state index is 10.3. The van der Waals surface area contributed by atoms with E-state index in [9.17, 15) is 5.11 Å². The largest absolute Gasteiger partial charge is 0.388 e. The molecule has 0 spiro atoms. The van der Waals surface area contributed by atoms with Crippen LogP contribution < -0.4 is 4.90 Å². The molecule has 3 heteroatoms. The lowest BCUT2D eigenvalue weighted by molar-refractivity contribution is 0.0558. The number of aryl methyl sites for hydroxylation is 1. The Hall–Kier alpha value is -1.09. The van der Waals surface area contributed by atoms with E-state index in [0.717, 1.165) is 37.1 Å². The zero-order valence-corrected chi connectivity index (χ0v) is 10.1. The van der Waals surface area contributed by atoms with Crippen molar-refractivity contribution in [3.05, 3.63) is 23.9 Å². The number of anilines is 1. The van der Waals surface area contributed by atoms with Crippen LogP contribution in [0.1, 0.15) is 31.2 Å². The number of pyridine rings is 1. The topological polar surface area (TPSA) is 36.4 Å². The third-order valence-corrected chi connectivity index (χ3v) is 3.41. The van der Waals surface area contributed by atoms with Crippen LogP contribution in [0.4, 0.5) is 5.82 Å². The van der Waals surface area contributed by atoms with Gasteiger partial charge in [-0.1, -0.05) is 18.9 Å². The molecule has 0 saturated heterocycles. The lowest BCUT2D eigenvalue weighted by Gasteiger charge is -2.30. The lowest BCUT2D eigenvalue weighted by atomic mass is 10.0. The molecule has 0 aliphatic heterocycles. The van der Waals surface area contributed by atoms with Crippen molar-refractivity contribution in [3.63, 3.8) is 0 Å². The molecule has 1 aromatic heterocycles. The molecule has 2 rings (SSSR count). The highest BCUT2D eigenvalue weighted by Gasteiger charge is 2.32. The first kappa shape index (κ1) is 11.4. The molecule has 16 heavy (non-hydrogen) atoms. The number of hydrogen-bond donors (Lipinski definition) is 1. The lowest BCUT2D eigenvalue weighted by Crippen LogP contribution is -2.39. The minimum Gasteiger partial charge on any atom is -0.388 e. The Morgan fingerprint density at radius 2 is 2.12 bits per heavy atom. The van der Waals surface area contributed by atoms with E-state index in [0.29, 0.717) is 6.54 Å². The summed E-state index contributed by atoms with van der Waals surface area (Å²) in [5, 5.41) is 10.3. The normalized spacial score (nSPS) is 18.7. The summed E-state index contributed by atoms with van der Waals surface area (Å²) in [5.74, 6) is 0.975. The van der Waals surface area contributed by atoms with E-state index in [1.165, 1.54) is 0 Å². The summed E-state index contributed by atoms with van der Waals surface area (Å²) in [6.45, 7) is 2.74. The van der Waals surface area contributed by atoms with Gasteiger partial charge in [0.05, 0.1) is 5.60 Å². The highest BCUT2D eigenvalue weighted by Crippen LogP contribution is 2.31. The van der Waals surface area contributed by atoms with Gasteiger partial charge in [-0.15, -0.1) is 0 Å². The van der Waals surface area contributed by atoms with Crippen LogP contribution in [0, 0.1) is 6.92 Å². The predicted octanol–water partition coefficient (Wildman–Crippen LogP) is 2.13. The highest BCUT2D eigenvalue weighted by molar-refractivity contribution is 5.45. The monoisotopic (exact) mass is 220 g/mol. The Morgan fingerprint density at radius 1 is 1.44 bits per heavy atom.